The van der Waals surface area contributed by atoms with E-state index in [0.29, 0.717) is 11.8 Å². The molecule has 0 atom stereocenters. The molecular weight excluding hydrogens is 403 g/mol. The standard InChI is InChI=1S/C21H27FN6O3/c1-21(2,22)19-26-20(27-31-19)28-11-7-16(8-12-28)29-14-3-5-15(6-4-14)30-18-17(13-23)24-9-10-25-18/h9-10,14-16H,3-8,11-12H2,1-2H3/t14-,15-. The number of hydrogen-bond acceptors (Lipinski definition) is 9. The maximum atomic E-state index is 13.9. The molecule has 0 spiro atoms. The number of hydrogen-bond donors (Lipinski definition) is 0. The summed E-state index contributed by atoms with van der Waals surface area (Å²) < 4.78 is 31.2. The Morgan fingerprint density at radius 3 is 2.35 bits per heavy atom. The maximum absolute atomic E-state index is 13.9. The van der Waals surface area contributed by atoms with Gasteiger partial charge in [0.15, 0.2) is 5.67 Å². The van der Waals surface area contributed by atoms with Crippen molar-refractivity contribution in [3.8, 4) is 11.9 Å². The zero-order valence-electron chi connectivity index (χ0n) is 17.8. The Kier molecular flexibility index (Phi) is 6.32. The van der Waals surface area contributed by atoms with E-state index < -0.39 is 5.67 Å². The maximum Gasteiger partial charge on any atom is 0.266 e. The highest BCUT2D eigenvalue weighted by molar-refractivity contribution is 5.30. The number of ether oxygens (including phenoxy) is 2. The van der Waals surface area contributed by atoms with Gasteiger partial charge in [-0.1, -0.05) is 0 Å². The minimum atomic E-state index is -1.64. The van der Waals surface area contributed by atoms with Crippen LogP contribution in [0.2, 0.25) is 0 Å². The second-order valence-corrected chi connectivity index (χ2v) is 8.53. The molecule has 10 heteroatoms. The molecule has 1 aliphatic heterocycles. The Bertz CT molecular complexity index is 908. The van der Waals surface area contributed by atoms with Crippen molar-refractivity contribution in [1.29, 1.82) is 5.26 Å². The van der Waals surface area contributed by atoms with E-state index in [2.05, 4.69) is 20.1 Å². The predicted octanol–water partition coefficient (Wildman–Crippen LogP) is 3.31. The van der Waals surface area contributed by atoms with Crippen LogP contribution in [-0.2, 0) is 10.4 Å². The Morgan fingerprint density at radius 1 is 1.06 bits per heavy atom. The molecule has 1 saturated carbocycles. The fourth-order valence-electron chi connectivity index (χ4n) is 3.98. The molecule has 31 heavy (non-hydrogen) atoms. The van der Waals surface area contributed by atoms with Gasteiger partial charge in [-0.15, -0.1) is 0 Å². The number of nitriles is 1. The van der Waals surface area contributed by atoms with Crippen LogP contribution in [0, 0.1) is 11.3 Å². The quantitative estimate of drug-likeness (QED) is 0.681. The molecule has 2 aliphatic rings. The van der Waals surface area contributed by atoms with Gasteiger partial charge in [0, 0.05) is 25.5 Å². The van der Waals surface area contributed by atoms with E-state index in [1.165, 1.54) is 26.2 Å². The summed E-state index contributed by atoms with van der Waals surface area (Å²) in [6, 6.07) is 2.01. The molecule has 2 aromatic heterocycles. The molecule has 0 aromatic carbocycles. The fraction of sp³-hybridized carbons (Fsp3) is 0.667. The summed E-state index contributed by atoms with van der Waals surface area (Å²) in [5.74, 6) is 0.753. The highest BCUT2D eigenvalue weighted by Crippen LogP contribution is 2.29. The Balaban J connectivity index is 1.21. The second-order valence-electron chi connectivity index (χ2n) is 8.53. The third-order valence-electron chi connectivity index (χ3n) is 5.70. The summed E-state index contributed by atoms with van der Waals surface area (Å²) >= 11 is 0. The van der Waals surface area contributed by atoms with Crippen LogP contribution in [0.1, 0.15) is 64.0 Å². The lowest BCUT2D eigenvalue weighted by Crippen LogP contribution is -2.40. The van der Waals surface area contributed by atoms with Crippen molar-refractivity contribution in [2.75, 3.05) is 18.0 Å². The molecule has 2 fully saturated rings. The average Bonchev–Trinajstić information content (AvgIpc) is 3.27. The van der Waals surface area contributed by atoms with Crippen LogP contribution in [0.25, 0.3) is 0 Å². The predicted molar refractivity (Wildman–Crippen MR) is 108 cm³/mol. The van der Waals surface area contributed by atoms with Gasteiger partial charge in [-0.25, -0.2) is 14.4 Å². The molecule has 3 heterocycles. The lowest BCUT2D eigenvalue weighted by atomic mass is 9.94. The molecule has 4 rings (SSSR count). The largest absolute Gasteiger partial charge is 0.472 e. The summed E-state index contributed by atoms with van der Waals surface area (Å²) in [5, 5.41) is 13.0. The zero-order chi connectivity index (χ0) is 21.8. The molecule has 0 bridgehead atoms. The smallest absolute Gasteiger partial charge is 0.266 e. The SMILES string of the molecule is CC(C)(F)c1nc(N2CCC(O[C@H]3CC[C@H](Oc4nccnc4C#N)CC3)CC2)no1. The van der Waals surface area contributed by atoms with Crippen molar-refractivity contribution in [3.05, 3.63) is 24.0 Å². The first-order valence-corrected chi connectivity index (χ1v) is 10.7. The number of piperidine rings is 1. The van der Waals surface area contributed by atoms with E-state index in [4.69, 9.17) is 19.3 Å². The first kappa shape index (κ1) is 21.4. The van der Waals surface area contributed by atoms with Crippen LogP contribution in [0.3, 0.4) is 0 Å². The van der Waals surface area contributed by atoms with Crippen LogP contribution < -0.4 is 9.64 Å². The summed E-state index contributed by atoms with van der Waals surface area (Å²) in [5.41, 5.74) is -1.42. The first-order valence-electron chi connectivity index (χ1n) is 10.7. The molecular formula is C21H27FN6O3. The van der Waals surface area contributed by atoms with E-state index in [1.807, 2.05) is 11.0 Å². The Labute approximate surface area is 180 Å². The minimum absolute atomic E-state index is 0.00299. The summed E-state index contributed by atoms with van der Waals surface area (Å²) in [6.45, 7) is 4.30. The highest BCUT2D eigenvalue weighted by atomic mass is 19.1. The number of alkyl halides is 1. The topological polar surface area (TPSA) is 110 Å². The normalized spacial score (nSPS) is 22.8. The highest BCUT2D eigenvalue weighted by Gasteiger charge is 2.31. The fourth-order valence-corrected chi connectivity index (χ4v) is 3.98. The van der Waals surface area contributed by atoms with Crippen molar-refractivity contribution in [2.45, 2.75) is 76.4 Å². The Hall–Kier alpha value is -2.80. The van der Waals surface area contributed by atoms with Crippen molar-refractivity contribution >= 4 is 5.95 Å². The second kappa shape index (κ2) is 9.14. The molecule has 166 valence electrons. The van der Waals surface area contributed by atoms with E-state index in [9.17, 15) is 4.39 Å². The van der Waals surface area contributed by atoms with E-state index in [1.54, 1.807) is 0 Å². The van der Waals surface area contributed by atoms with E-state index >= 15 is 0 Å². The molecule has 9 nitrogen and oxygen atoms in total. The van der Waals surface area contributed by atoms with Crippen molar-refractivity contribution in [2.24, 2.45) is 0 Å². The van der Waals surface area contributed by atoms with Gasteiger partial charge in [-0.05, 0) is 57.5 Å². The summed E-state index contributed by atoms with van der Waals surface area (Å²) in [4.78, 5) is 14.3. The van der Waals surface area contributed by atoms with Crippen LogP contribution in [0.5, 0.6) is 5.88 Å². The average molecular weight is 430 g/mol. The third kappa shape index (κ3) is 5.28. The van der Waals surface area contributed by atoms with E-state index in [-0.39, 0.29) is 29.9 Å². The van der Waals surface area contributed by atoms with Gasteiger partial charge in [-0.2, -0.15) is 10.2 Å². The van der Waals surface area contributed by atoms with Crippen molar-refractivity contribution in [1.82, 2.24) is 20.1 Å². The number of anilines is 1. The lowest BCUT2D eigenvalue weighted by molar-refractivity contribution is -0.0532. The first-order chi connectivity index (χ1) is 14.9. The molecule has 1 saturated heterocycles. The van der Waals surface area contributed by atoms with E-state index in [0.717, 1.165) is 51.6 Å². The van der Waals surface area contributed by atoms with Gasteiger partial charge in [0.1, 0.15) is 12.2 Å². The van der Waals surface area contributed by atoms with Crippen molar-refractivity contribution < 1.29 is 18.4 Å². The van der Waals surface area contributed by atoms with Gasteiger partial charge in [0.25, 0.3) is 17.7 Å². The number of nitrogens with zero attached hydrogens (tertiary/aromatic N) is 6. The molecule has 0 radical (unpaired) electrons. The lowest BCUT2D eigenvalue weighted by Gasteiger charge is -2.35. The van der Waals surface area contributed by atoms with Crippen LogP contribution >= 0.6 is 0 Å². The molecule has 0 unspecified atom stereocenters. The van der Waals surface area contributed by atoms with Gasteiger partial charge >= 0.3 is 0 Å². The zero-order valence-corrected chi connectivity index (χ0v) is 17.8. The van der Waals surface area contributed by atoms with Crippen LogP contribution in [-0.4, -0.2) is 51.5 Å². The third-order valence-corrected chi connectivity index (χ3v) is 5.70. The summed E-state index contributed by atoms with van der Waals surface area (Å²) in [7, 11) is 0. The van der Waals surface area contributed by atoms with Crippen molar-refractivity contribution in [3.63, 3.8) is 0 Å². The number of rotatable bonds is 6. The number of halogens is 1. The monoisotopic (exact) mass is 430 g/mol. The van der Waals surface area contributed by atoms with Gasteiger partial charge in [-0.3, -0.25) is 0 Å². The Morgan fingerprint density at radius 2 is 1.71 bits per heavy atom. The van der Waals surface area contributed by atoms with Crippen LogP contribution in [0.15, 0.2) is 16.9 Å². The summed E-state index contributed by atoms with van der Waals surface area (Å²) in [6.07, 6.45) is 8.70. The molecule has 1 aliphatic carbocycles. The molecule has 0 N–H and O–H groups in total. The molecule has 2 aromatic rings. The number of aromatic nitrogens is 4. The van der Waals surface area contributed by atoms with Gasteiger partial charge in [0.2, 0.25) is 5.69 Å². The van der Waals surface area contributed by atoms with Gasteiger partial charge in [0.05, 0.1) is 12.2 Å². The van der Waals surface area contributed by atoms with Crippen LogP contribution in [0.4, 0.5) is 10.3 Å². The van der Waals surface area contributed by atoms with Gasteiger partial charge < -0.3 is 18.9 Å². The minimum Gasteiger partial charge on any atom is -0.472 e. The molecule has 0 amide bonds.